The first-order chi connectivity index (χ1) is 30.0. The van der Waals surface area contributed by atoms with Gasteiger partial charge in [-0.05, 0) is 152 Å². The lowest BCUT2D eigenvalue weighted by molar-refractivity contribution is 0.661. The highest BCUT2D eigenvalue weighted by atomic mass is 14.4. The van der Waals surface area contributed by atoms with E-state index >= 15 is 0 Å². The van der Waals surface area contributed by atoms with Crippen molar-refractivity contribution >= 4 is 48.7 Å². The maximum atomic E-state index is 2.44. The van der Waals surface area contributed by atoms with E-state index in [1.807, 2.05) is 0 Å². The van der Waals surface area contributed by atoms with E-state index in [1.54, 1.807) is 0 Å². The van der Waals surface area contributed by atoms with Crippen LogP contribution >= 0.6 is 0 Å². The Hall–Kier alpha value is -7.28. The van der Waals surface area contributed by atoms with Crippen LogP contribution < -0.4 is 0 Å². The Morgan fingerprint density at radius 2 is 0.803 bits per heavy atom. The molecule has 10 aromatic rings. The molecule has 0 nitrogen and oxygen atoms in total. The van der Waals surface area contributed by atoms with E-state index in [2.05, 4.69) is 220 Å². The van der Waals surface area contributed by atoms with Gasteiger partial charge in [0, 0.05) is 5.41 Å². The van der Waals surface area contributed by atoms with E-state index in [0.29, 0.717) is 0 Å². The third-order valence-electron chi connectivity index (χ3n) is 13.7. The molecular formula is C61H44. The fourth-order valence-corrected chi connectivity index (χ4v) is 10.6. The summed E-state index contributed by atoms with van der Waals surface area (Å²) in [4.78, 5) is 0. The lowest BCUT2D eigenvalue weighted by atomic mass is 9.80. The van der Waals surface area contributed by atoms with Crippen molar-refractivity contribution in [3.8, 4) is 55.6 Å². The summed E-state index contributed by atoms with van der Waals surface area (Å²) in [5.41, 5.74) is 18.1. The number of hydrogen-bond donors (Lipinski definition) is 0. The van der Waals surface area contributed by atoms with Crippen LogP contribution in [0.25, 0.3) is 104 Å². The van der Waals surface area contributed by atoms with Gasteiger partial charge in [-0.1, -0.05) is 202 Å². The summed E-state index contributed by atoms with van der Waals surface area (Å²) in [7, 11) is 0. The highest BCUT2D eigenvalue weighted by molar-refractivity contribution is 6.19. The third kappa shape index (κ3) is 5.67. The molecule has 0 fully saturated rings. The molecule has 0 aliphatic heterocycles. The predicted molar refractivity (Wildman–Crippen MR) is 262 cm³/mol. The van der Waals surface area contributed by atoms with Crippen molar-refractivity contribution in [3.63, 3.8) is 0 Å². The summed E-state index contributed by atoms with van der Waals surface area (Å²) in [6.07, 6.45) is 9.24. The number of benzene rings is 10. The maximum absolute atomic E-state index is 2.44. The standard InChI is InChI=1S/C61H44/c1-61(2)57-37-44(39-24-28-41(29-25-39)56-36-46-16-6-7-17-47(46)48-18-8-9-19-49(48)56)32-34-50(57)51-35-33-45(38-58(51)61)40-26-30-43(31-27-40)60-54-22-12-10-20-52(54)59(42-14-4-3-5-15-42)53-21-11-13-23-55(53)60/h4,6-38H,3,5H2,1-2H3. The van der Waals surface area contributed by atoms with Gasteiger partial charge in [0.05, 0.1) is 0 Å². The molecule has 288 valence electrons. The van der Waals surface area contributed by atoms with Crippen molar-refractivity contribution in [1.82, 2.24) is 0 Å². The van der Waals surface area contributed by atoms with Gasteiger partial charge in [-0.2, -0.15) is 0 Å². The van der Waals surface area contributed by atoms with E-state index in [9.17, 15) is 0 Å². The molecule has 2 aliphatic rings. The molecule has 2 aliphatic carbocycles. The van der Waals surface area contributed by atoms with Gasteiger partial charge < -0.3 is 0 Å². The Morgan fingerprint density at radius 1 is 0.344 bits per heavy atom. The zero-order chi connectivity index (χ0) is 40.7. The third-order valence-corrected chi connectivity index (χ3v) is 13.7. The van der Waals surface area contributed by atoms with E-state index in [0.717, 1.165) is 12.8 Å². The number of allylic oxidation sites excluding steroid dienone is 4. The summed E-state index contributed by atoms with van der Waals surface area (Å²) in [5, 5.41) is 10.4. The Kier molecular flexibility index (Phi) is 8.12. The molecule has 0 bridgehead atoms. The van der Waals surface area contributed by atoms with Gasteiger partial charge in [-0.3, -0.25) is 0 Å². The number of fused-ring (bicyclic) bond motifs is 8. The van der Waals surface area contributed by atoms with Crippen LogP contribution in [0.5, 0.6) is 0 Å². The Labute approximate surface area is 357 Å². The molecule has 0 heterocycles. The van der Waals surface area contributed by atoms with Crippen molar-refractivity contribution in [1.29, 1.82) is 0 Å². The summed E-state index contributed by atoms with van der Waals surface area (Å²) in [5.74, 6) is 0. The second-order valence-corrected chi connectivity index (χ2v) is 17.5. The second kappa shape index (κ2) is 13.9. The van der Waals surface area contributed by atoms with Crippen LogP contribution in [0, 0.1) is 0 Å². The zero-order valence-electron chi connectivity index (χ0n) is 34.5. The fourth-order valence-electron chi connectivity index (χ4n) is 10.6. The van der Waals surface area contributed by atoms with Crippen molar-refractivity contribution in [2.45, 2.75) is 32.1 Å². The van der Waals surface area contributed by atoms with E-state index in [1.165, 1.54) is 121 Å². The van der Waals surface area contributed by atoms with Crippen LogP contribution in [0.1, 0.15) is 43.4 Å². The summed E-state index contributed by atoms with van der Waals surface area (Å²) in [6.45, 7) is 4.78. The first-order valence-electron chi connectivity index (χ1n) is 21.7. The van der Waals surface area contributed by atoms with E-state index in [-0.39, 0.29) is 5.41 Å². The molecule has 0 N–H and O–H groups in total. The highest BCUT2D eigenvalue weighted by Crippen LogP contribution is 2.51. The van der Waals surface area contributed by atoms with Crippen molar-refractivity contribution < 1.29 is 0 Å². The largest absolute Gasteiger partial charge is 0.0836 e. The molecular weight excluding hydrogens is 733 g/mol. The van der Waals surface area contributed by atoms with Crippen LogP contribution in [0.4, 0.5) is 0 Å². The Morgan fingerprint density at radius 3 is 1.36 bits per heavy atom. The van der Waals surface area contributed by atoms with Gasteiger partial charge in [0.2, 0.25) is 0 Å². The lowest BCUT2D eigenvalue weighted by Crippen LogP contribution is -2.15. The van der Waals surface area contributed by atoms with Crippen molar-refractivity contribution in [2.24, 2.45) is 0 Å². The predicted octanol–water partition coefficient (Wildman–Crippen LogP) is 17.0. The average molecular weight is 777 g/mol. The molecule has 0 atom stereocenters. The maximum Gasteiger partial charge on any atom is 0.0159 e. The highest BCUT2D eigenvalue weighted by Gasteiger charge is 2.36. The minimum atomic E-state index is -0.136. The smallest absolute Gasteiger partial charge is 0.0159 e. The zero-order valence-corrected chi connectivity index (χ0v) is 34.5. The topological polar surface area (TPSA) is 0 Å². The van der Waals surface area contributed by atoms with Crippen molar-refractivity contribution in [2.75, 3.05) is 0 Å². The van der Waals surface area contributed by atoms with Gasteiger partial charge in [-0.25, -0.2) is 0 Å². The average Bonchev–Trinajstić information content (AvgIpc) is 3.55. The summed E-state index contributed by atoms with van der Waals surface area (Å²) < 4.78 is 0. The summed E-state index contributed by atoms with van der Waals surface area (Å²) >= 11 is 0. The van der Waals surface area contributed by atoms with Crippen LogP contribution in [0.2, 0.25) is 0 Å². The van der Waals surface area contributed by atoms with E-state index in [4.69, 9.17) is 0 Å². The molecule has 12 rings (SSSR count). The molecule has 0 aromatic heterocycles. The quantitative estimate of drug-likeness (QED) is 0.121. The SMILES string of the molecule is CC1(C)c2cc(-c3ccc(-c4c5ccccc5c(C5=CCCC=C5)c5ccccc45)cc3)ccc2-c2ccc(-c3ccc(-c4cc5ccccc5c5ccccc45)cc3)cc21. The van der Waals surface area contributed by atoms with E-state index < -0.39 is 0 Å². The number of rotatable bonds is 5. The van der Waals surface area contributed by atoms with Gasteiger partial charge in [0.15, 0.2) is 0 Å². The molecule has 0 saturated heterocycles. The van der Waals surface area contributed by atoms with Gasteiger partial charge in [-0.15, -0.1) is 0 Å². The van der Waals surface area contributed by atoms with Crippen LogP contribution in [0.15, 0.2) is 206 Å². The molecule has 0 saturated carbocycles. The molecule has 0 spiro atoms. The fraction of sp³-hybridized carbons (Fsp3) is 0.0820. The summed E-state index contributed by atoms with van der Waals surface area (Å²) in [6, 6.07) is 70.5. The first-order valence-corrected chi connectivity index (χ1v) is 21.7. The van der Waals surface area contributed by atoms with Crippen LogP contribution in [-0.2, 0) is 5.41 Å². The molecule has 0 amide bonds. The van der Waals surface area contributed by atoms with Crippen LogP contribution in [0.3, 0.4) is 0 Å². The molecule has 61 heavy (non-hydrogen) atoms. The molecule has 10 aromatic carbocycles. The van der Waals surface area contributed by atoms with Crippen molar-refractivity contribution in [3.05, 3.63) is 223 Å². The van der Waals surface area contributed by atoms with Crippen LogP contribution in [-0.4, -0.2) is 0 Å². The monoisotopic (exact) mass is 776 g/mol. The molecule has 0 heteroatoms. The molecule has 0 radical (unpaired) electrons. The first kappa shape index (κ1) is 35.6. The molecule has 0 unspecified atom stereocenters. The normalized spacial score (nSPS) is 14.1. The Bertz CT molecular complexity index is 3410. The Balaban J connectivity index is 0.869. The lowest BCUT2D eigenvalue weighted by Gasteiger charge is -2.23. The van der Waals surface area contributed by atoms with Gasteiger partial charge in [0.1, 0.15) is 0 Å². The minimum absolute atomic E-state index is 0.136. The minimum Gasteiger partial charge on any atom is -0.0836 e. The number of hydrogen-bond acceptors (Lipinski definition) is 0. The van der Waals surface area contributed by atoms with Gasteiger partial charge >= 0.3 is 0 Å². The van der Waals surface area contributed by atoms with Gasteiger partial charge in [0.25, 0.3) is 0 Å². The second-order valence-electron chi connectivity index (χ2n) is 17.5.